The molecule has 1 saturated carbocycles. The van der Waals surface area contributed by atoms with Gasteiger partial charge in [-0.1, -0.05) is 49.4 Å². The Labute approximate surface area is 189 Å². The molecule has 1 aliphatic rings. The minimum absolute atomic E-state index is 0.0874. The van der Waals surface area contributed by atoms with E-state index >= 15 is 0 Å². The number of benzene rings is 2. The van der Waals surface area contributed by atoms with Crippen molar-refractivity contribution < 1.29 is 9.59 Å². The maximum Gasteiger partial charge on any atom is 0.226 e. The highest BCUT2D eigenvalue weighted by Gasteiger charge is 2.29. The molecule has 1 aliphatic carbocycles. The van der Waals surface area contributed by atoms with Crippen molar-refractivity contribution in [2.45, 2.75) is 51.5 Å². The van der Waals surface area contributed by atoms with E-state index in [9.17, 15) is 9.59 Å². The maximum absolute atomic E-state index is 12.6. The summed E-state index contributed by atoms with van der Waals surface area (Å²) in [5, 5.41) is 0. The molecule has 5 nitrogen and oxygen atoms in total. The summed E-state index contributed by atoms with van der Waals surface area (Å²) in [5.41, 5.74) is 10.5. The van der Waals surface area contributed by atoms with E-state index in [0.29, 0.717) is 36.7 Å². The zero-order valence-corrected chi connectivity index (χ0v) is 18.5. The summed E-state index contributed by atoms with van der Waals surface area (Å²) in [5.74, 6) is 0.748. The van der Waals surface area contributed by atoms with Gasteiger partial charge >= 0.3 is 0 Å². The smallest absolute Gasteiger partial charge is 0.226 e. The predicted molar refractivity (Wildman–Crippen MR) is 129 cm³/mol. The second kappa shape index (κ2) is 9.77. The maximum atomic E-state index is 12.6. The number of ketones is 1. The number of nitrogen functional groups attached to an aromatic ring is 1. The van der Waals surface area contributed by atoms with Crippen LogP contribution in [0.15, 0.2) is 66.9 Å². The van der Waals surface area contributed by atoms with E-state index in [0.717, 1.165) is 35.2 Å². The number of hydrogen-bond acceptors (Lipinski definition) is 4. The second-order valence-corrected chi connectivity index (χ2v) is 8.30. The molecule has 0 unspecified atom stereocenters. The first-order valence-electron chi connectivity index (χ1n) is 11.3. The summed E-state index contributed by atoms with van der Waals surface area (Å²) >= 11 is 0. The van der Waals surface area contributed by atoms with Crippen LogP contribution in [0.1, 0.15) is 54.9 Å². The van der Waals surface area contributed by atoms with E-state index < -0.39 is 0 Å². The standard InChI is InChI=1S/C27H29N3O2/c1-2-26(32)30(23-6-3-7-23)24-15-12-20(13-16-24)19-8-10-21(11-9-19)25(31)17-14-22-5-4-18-29-27(22)28/h4-5,8-13,15-16,18,23H,2-3,6-7,14,17H2,1H3,(H2,28,29). The Kier molecular flexibility index (Phi) is 6.64. The average molecular weight is 428 g/mol. The van der Waals surface area contributed by atoms with Gasteiger partial charge in [0.25, 0.3) is 0 Å². The van der Waals surface area contributed by atoms with Crippen LogP contribution in [-0.4, -0.2) is 22.7 Å². The fourth-order valence-electron chi connectivity index (χ4n) is 4.09. The van der Waals surface area contributed by atoms with Crippen LogP contribution in [0, 0.1) is 0 Å². The predicted octanol–water partition coefficient (Wildman–Crippen LogP) is 5.44. The van der Waals surface area contributed by atoms with E-state index in [1.165, 1.54) is 6.42 Å². The molecule has 2 N–H and O–H groups in total. The minimum atomic E-state index is 0.0874. The van der Waals surface area contributed by atoms with Crippen molar-refractivity contribution in [2.75, 3.05) is 10.6 Å². The Hall–Kier alpha value is -3.47. The lowest BCUT2D eigenvalue weighted by atomic mass is 9.90. The van der Waals surface area contributed by atoms with Crippen LogP contribution in [0.4, 0.5) is 11.5 Å². The van der Waals surface area contributed by atoms with Crippen LogP contribution >= 0.6 is 0 Å². The molecule has 0 saturated heterocycles. The third kappa shape index (κ3) is 4.72. The second-order valence-electron chi connectivity index (χ2n) is 8.30. The quantitative estimate of drug-likeness (QED) is 0.486. The first-order chi connectivity index (χ1) is 15.6. The molecule has 4 rings (SSSR count). The van der Waals surface area contributed by atoms with Gasteiger partial charge in [-0.05, 0) is 60.6 Å². The van der Waals surface area contributed by atoms with Gasteiger partial charge in [0.2, 0.25) is 5.91 Å². The number of aromatic nitrogens is 1. The van der Waals surface area contributed by atoms with Gasteiger partial charge in [0.1, 0.15) is 5.82 Å². The molecule has 0 bridgehead atoms. The Morgan fingerprint density at radius 1 is 1.00 bits per heavy atom. The number of nitrogens with zero attached hydrogens (tertiary/aromatic N) is 2. The first kappa shape index (κ1) is 21.8. The van der Waals surface area contributed by atoms with Crippen LogP contribution < -0.4 is 10.6 Å². The lowest BCUT2D eigenvalue weighted by molar-refractivity contribution is -0.119. The molecular weight excluding hydrogens is 398 g/mol. The number of hydrogen-bond donors (Lipinski definition) is 1. The molecular formula is C27H29N3O2. The highest BCUT2D eigenvalue weighted by atomic mass is 16.2. The van der Waals surface area contributed by atoms with Gasteiger partial charge < -0.3 is 10.6 Å². The lowest BCUT2D eigenvalue weighted by Gasteiger charge is -2.37. The zero-order valence-electron chi connectivity index (χ0n) is 18.5. The Morgan fingerprint density at radius 3 is 2.22 bits per heavy atom. The van der Waals surface area contributed by atoms with E-state index in [4.69, 9.17) is 5.73 Å². The molecule has 164 valence electrons. The fraction of sp³-hybridized carbons (Fsp3) is 0.296. The molecule has 0 radical (unpaired) electrons. The zero-order chi connectivity index (χ0) is 22.5. The fourth-order valence-corrected chi connectivity index (χ4v) is 4.09. The van der Waals surface area contributed by atoms with Crippen molar-refractivity contribution in [3.05, 3.63) is 78.0 Å². The normalized spacial score (nSPS) is 13.4. The van der Waals surface area contributed by atoms with E-state index in [1.54, 1.807) is 6.20 Å². The van der Waals surface area contributed by atoms with Gasteiger partial charge in [0.15, 0.2) is 5.78 Å². The molecule has 1 aromatic heterocycles. The third-order valence-corrected chi connectivity index (χ3v) is 6.24. The number of carbonyl (C=O) groups excluding carboxylic acids is 2. The van der Waals surface area contributed by atoms with Crippen molar-refractivity contribution in [1.29, 1.82) is 0 Å². The largest absolute Gasteiger partial charge is 0.383 e. The van der Waals surface area contributed by atoms with Crippen molar-refractivity contribution in [3.8, 4) is 11.1 Å². The molecule has 1 fully saturated rings. The molecule has 0 aliphatic heterocycles. The van der Waals surface area contributed by atoms with Crippen molar-refractivity contribution >= 4 is 23.2 Å². The number of Topliss-reactive ketones (excluding diaryl/α,β-unsaturated/α-hetero) is 1. The van der Waals surface area contributed by atoms with Gasteiger partial charge in [-0.3, -0.25) is 9.59 Å². The molecule has 1 amide bonds. The topological polar surface area (TPSA) is 76.3 Å². The van der Waals surface area contributed by atoms with Crippen LogP contribution in [0.2, 0.25) is 0 Å². The van der Waals surface area contributed by atoms with Crippen molar-refractivity contribution in [1.82, 2.24) is 4.98 Å². The van der Waals surface area contributed by atoms with E-state index in [2.05, 4.69) is 4.98 Å². The number of rotatable bonds is 8. The summed E-state index contributed by atoms with van der Waals surface area (Å²) in [6.45, 7) is 1.91. The molecule has 0 atom stereocenters. The first-order valence-corrected chi connectivity index (χ1v) is 11.3. The highest BCUT2D eigenvalue weighted by molar-refractivity contribution is 5.97. The van der Waals surface area contributed by atoms with Crippen molar-refractivity contribution in [2.24, 2.45) is 0 Å². The lowest BCUT2D eigenvalue weighted by Crippen LogP contribution is -2.44. The van der Waals surface area contributed by atoms with E-state index in [-0.39, 0.29) is 11.7 Å². The number of nitrogens with two attached hydrogens (primary N) is 1. The molecule has 2 aromatic carbocycles. The van der Waals surface area contributed by atoms with Gasteiger partial charge in [-0.15, -0.1) is 0 Å². The number of anilines is 2. The summed E-state index contributed by atoms with van der Waals surface area (Å²) < 4.78 is 0. The monoisotopic (exact) mass is 427 g/mol. The van der Waals surface area contributed by atoms with Gasteiger partial charge in [0.05, 0.1) is 0 Å². The Morgan fingerprint density at radius 2 is 1.66 bits per heavy atom. The Bertz CT molecular complexity index is 1090. The molecule has 1 heterocycles. The number of carbonyl (C=O) groups is 2. The summed E-state index contributed by atoms with van der Waals surface area (Å²) in [6, 6.07) is 19.9. The average Bonchev–Trinajstić information content (AvgIpc) is 2.80. The highest BCUT2D eigenvalue weighted by Crippen LogP contribution is 2.32. The number of aryl methyl sites for hydroxylation is 1. The summed E-state index contributed by atoms with van der Waals surface area (Å²) in [4.78, 5) is 31.1. The molecule has 5 heteroatoms. The van der Waals surface area contributed by atoms with Crippen LogP contribution in [0.5, 0.6) is 0 Å². The Balaban J connectivity index is 1.42. The van der Waals surface area contributed by atoms with E-state index in [1.807, 2.05) is 72.5 Å². The third-order valence-electron chi connectivity index (χ3n) is 6.24. The van der Waals surface area contributed by atoms with Crippen LogP contribution in [-0.2, 0) is 11.2 Å². The molecule has 32 heavy (non-hydrogen) atoms. The van der Waals surface area contributed by atoms with Gasteiger partial charge in [-0.25, -0.2) is 4.98 Å². The van der Waals surface area contributed by atoms with Crippen LogP contribution in [0.3, 0.4) is 0 Å². The van der Waals surface area contributed by atoms with Crippen molar-refractivity contribution in [3.63, 3.8) is 0 Å². The minimum Gasteiger partial charge on any atom is -0.383 e. The van der Waals surface area contributed by atoms with Crippen LogP contribution in [0.25, 0.3) is 11.1 Å². The SMILES string of the molecule is CCC(=O)N(c1ccc(-c2ccc(C(=O)CCc3cccnc3N)cc2)cc1)C1CCC1. The number of amides is 1. The number of pyridine rings is 1. The summed E-state index contributed by atoms with van der Waals surface area (Å²) in [7, 11) is 0. The van der Waals surface area contributed by atoms with Gasteiger partial charge in [0, 0.05) is 36.3 Å². The summed E-state index contributed by atoms with van der Waals surface area (Å²) in [6.07, 6.45) is 6.49. The molecule has 3 aromatic rings. The molecule has 0 spiro atoms. The van der Waals surface area contributed by atoms with Gasteiger partial charge in [-0.2, -0.15) is 0 Å².